The number of sulfone groups is 1. The first-order valence-electron chi connectivity index (χ1n) is 6.45. The number of carbonyl (C=O) groups is 1. The molecule has 0 spiro atoms. The molecule has 106 valence electrons. The third-order valence-electron chi connectivity index (χ3n) is 3.20. The summed E-state index contributed by atoms with van der Waals surface area (Å²) < 4.78 is 22.4. The Morgan fingerprint density at radius 2 is 2.06 bits per heavy atom. The number of hydrogen-bond donors (Lipinski definition) is 1. The largest absolute Gasteiger partial charge is 0.393 e. The minimum Gasteiger partial charge on any atom is -0.393 e. The molecule has 1 heterocycles. The summed E-state index contributed by atoms with van der Waals surface area (Å²) in [5, 5.41) is 9.47. The molecule has 2 unspecified atom stereocenters. The molecule has 0 aromatic rings. The van der Waals surface area contributed by atoms with Crippen molar-refractivity contribution in [3.05, 3.63) is 0 Å². The summed E-state index contributed by atoms with van der Waals surface area (Å²) >= 11 is 0. The number of amides is 1. The average molecular weight is 277 g/mol. The minimum atomic E-state index is -3.29. The molecule has 1 aliphatic heterocycles. The first kappa shape index (κ1) is 15.4. The maximum absolute atomic E-state index is 12.0. The molecule has 1 rings (SSSR count). The van der Waals surface area contributed by atoms with Crippen molar-refractivity contribution >= 4 is 15.7 Å². The van der Waals surface area contributed by atoms with Gasteiger partial charge >= 0.3 is 0 Å². The molecule has 2 atom stereocenters. The fourth-order valence-electron chi connectivity index (χ4n) is 2.45. The van der Waals surface area contributed by atoms with Crippen LogP contribution >= 0.6 is 0 Å². The van der Waals surface area contributed by atoms with E-state index in [1.165, 1.54) is 0 Å². The fourth-order valence-corrected chi connectivity index (χ4v) is 3.07. The number of rotatable bonds is 4. The Hall–Kier alpha value is -0.620. The van der Waals surface area contributed by atoms with Crippen molar-refractivity contribution in [1.29, 1.82) is 0 Å². The number of hydrogen-bond acceptors (Lipinski definition) is 4. The zero-order valence-electron chi connectivity index (χ0n) is 11.1. The van der Waals surface area contributed by atoms with Gasteiger partial charge in [-0.15, -0.1) is 0 Å². The van der Waals surface area contributed by atoms with Gasteiger partial charge in [0.05, 0.1) is 6.10 Å². The summed E-state index contributed by atoms with van der Waals surface area (Å²) in [5.41, 5.74) is 0. The molecule has 5 nitrogen and oxygen atoms in total. The van der Waals surface area contributed by atoms with Crippen LogP contribution in [0.5, 0.6) is 0 Å². The van der Waals surface area contributed by atoms with Gasteiger partial charge in [-0.1, -0.05) is 12.8 Å². The molecule has 0 aromatic carbocycles. The molecule has 1 aliphatic rings. The van der Waals surface area contributed by atoms with Crippen LogP contribution in [0.3, 0.4) is 0 Å². The Labute approximate surface area is 109 Å². The van der Waals surface area contributed by atoms with Gasteiger partial charge < -0.3 is 10.0 Å². The standard InChI is InChI=1S/C12H23NO4S/c1-10(14)8-11-6-4-3-5-7-13(11)12(15)9-18(2,16)17/h10-11,14H,3-9H2,1-2H3. The normalized spacial score (nSPS) is 23.5. The smallest absolute Gasteiger partial charge is 0.238 e. The van der Waals surface area contributed by atoms with Crippen molar-refractivity contribution < 1.29 is 18.3 Å². The second kappa shape index (κ2) is 6.52. The zero-order chi connectivity index (χ0) is 13.8. The Kier molecular flexibility index (Phi) is 5.59. The maximum Gasteiger partial charge on any atom is 0.238 e. The second-order valence-electron chi connectivity index (χ2n) is 5.25. The molecule has 18 heavy (non-hydrogen) atoms. The van der Waals surface area contributed by atoms with Crippen molar-refractivity contribution in [2.24, 2.45) is 0 Å². The highest BCUT2D eigenvalue weighted by Crippen LogP contribution is 2.21. The van der Waals surface area contributed by atoms with Crippen LogP contribution in [0.4, 0.5) is 0 Å². The van der Waals surface area contributed by atoms with Gasteiger partial charge in [0.25, 0.3) is 0 Å². The van der Waals surface area contributed by atoms with Gasteiger partial charge in [0, 0.05) is 18.8 Å². The molecular formula is C12H23NO4S. The van der Waals surface area contributed by atoms with E-state index in [9.17, 15) is 18.3 Å². The first-order chi connectivity index (χ1) is 8.29. The van der Waals surface area contributed by atoms with E-state index in [1.54, 1.807) is 11.8 Å². The van der Waals surface area contributed by atoms with Gasteiger partial charge in [-0.05, 0) is 26.2 Å². The Morgan fingerprint density at radius 3 is 2.61 bits per heavy atom. The van der Waals surface area contributed by atoms with Crippen molar-refractivity contribution in [3.63, 3.8) is 0 Å². The predicted molar refractivity (Wildman–Crippen MR) is 70.0 cm³/mol. The molecule has 0 radical (unpaired) electrons. The Morgan fingerprint density at radius 1 is 1.39 bits per heavy atom. The van der Waals surface area contributed by atoms with E-state index in [0.717, 1.165) is 31.9 Å². The topological polar surface area (TPSA) is 74.7 Å². The van der Waals surface area contributed by atoms with Gasteiger partial charge in [-0.3, -0.25) is 4.79 Å². The lowest BCUT2D eigenvalue weighted by atomic mass is 10.0. The lowest BCUT2D eigenvalue weighted by Gasteiger charge is -2.30. The molecule has 0 aliphatic carbocycles. The monoisotopic (exact) mass is 277 g/mol. The van der Waals surface area contributed by atoms with Crippen LogP contribution in [0.15, 0.2) is 0 Å². The quantitative estimate of drug-likeness (QED) is 0.815. The molecule has 0 saturated carbocycles. The van der Waals surface area contributed by atoms with Crippen LogP contribution in [0.1, 0.15) is 39.0 Å². The first-order valence-corrected chi connectivity index (χ1v) is 8.51. The SMILES string of the molecule is CC(O)CC1CCCCCN1C(=O)CS(C)(=O)=O. The fraction of sp³-hybridized carbons (Fsp3) is 0.917. The molecule has 0 bridgehead atoms. The van der Waals surface area contributed by atoms with E-state index in [4.69, 9.17) is 0 Å². The number of aliphatic hydroxyl groups excluding tert-OH is 1. The van der Waals surface area contributed by atoms with Gasteiger partial charge in [-0.25, -0.2) is 8.42 Å². The van der Waals surface area contributed by atoms with Crippen LogP contribution in [-0.4, -0.2) is 55.0 Å². The summed E-state index contributed by atoms with van der Waals surface area (Å²) in [4.78, 5) is 13.7. The van der Waals surface area contributed by atoms with Crippen LogP contribution in [0.25, 0.3) is 0 Å². The predicted octanol–water partition coefficient (Wildman–Crippen LogP) is 0.573. The van der Waals surface area contributed by atoms with E-state index < -0.39 is 21.7 Å². The Balaban J connectivity index is 2.75. The Bertz CT molecular complexity index is 378. The number of nitrogens with zero attached hydrogens (tertiary/aromatic N) is 1. The molecule has 6 heteroatoms. The molecule has 1 saturated heterocycles. The minimum absolute atomic E-state index is 0.0262. The highest BCUT2D eigenvalue weighted by molar-refractivity contribution is 7.91. The van der Waals surface area contributed by atoms with E-state index in [1.807, 2.05) is 0 Å². The summed E-state index contributed by atoms with van der Waals surface area (Å²) in [6, 6.07) is -0.0262. The van der Waals surface area contributed by atoms with Gasteiger partial charge in [0.2, 0.25) is 5.91 Å². The molecule has 1 amide bonds. The van der Waals surface area contributed by atoms with Crippen molar-refractivity contribution in [1.82, 2.24) is 4.90 Å². The van der Waals surface area contributed by atoms with Crippen LogP contribution < -0.4 is 0 Å². The highest BCUT2D eigenvalue weighted by Gasteiger charge is 2.28. The third-order valence-corrected chi connectivity index (χ3v) is 3.97. The van der Waals surface area contributed by atoms with E-state index >= 15 is 0 Å². The lowest BCUT2D eigenvalue weighted by molar-refractivity contribution is -0.131. The number of carbonyl (C=O) groups excluding carboxylic acids is 1. The zero-order valence-corrected chi connectivity index (χ0v) is 11.9. The van der Waals surface area contributed by atoms with Gasteiger partial charge in [0.1, 0.15) is 5.75 Å². The number of likely N-dealkylation sites (tertiary alicyclic amines) is 1. The lowest BCUT2D eigenvalue weighted by Crippen LogP contribution is -2.44. The molecule has 0 aromatic heterocycles. The van der Waals surface area contributed by atoms with Crippen LogP contribution in [-0.2, 0) is 14.6 Å². The van der Waals surface area contributed by atoms with Crippen molar-refractivity contribution in [2.75, 3.05) is 18.6 Å². The van der Waals surface area contributed by atoms with E-state index in [0.29, 0.717) is 13.0 Å². The summed E-state index contributed by atoms with van der Waals surface area (Å²) in [6.07, 6.45) is 4.97. The molecular weight excluding hydrogens is 254 g/mol. The van der Waals surface area contributed by atoms with Gasteiger partial charge in [-0.2, -0.15) is 0 Å². The summed E-state index contributed by atoms with van der Waals surface area (Å²) in [7, 11) is -3.29. The van der Waals surface area contributed by atoms with Crippen molar-refractivity contribution in [2.45, 2.75) is 51.2 Å². The maximum atomic E-state index is 12.0. The molecule has 1 fully saturated rings. The second-order valence-corrected chi connectivity index (χ2v) is 7.39. The van der Waals surface area contributed by atoms with E-state index in [2.05, 4.69) is 0 Å². The third kappa shape index (κ3) is 5.35. The van der Waals surface area contributed by atoms with Crippen LogP contribution in [0.2, 0.25) is 0 Å². The van der Waals surface area contributed by atoms with Gasteiger partial charge in [0.15, 0.2) is 9.84 Å². The van der Waals surface area contributed by atoms with Crippen LogP contribution in [0, 0.1) is 0 Å². The molecule has 1 N–H and O–H groups in total. The van der Waals surface area contributed by atoms with E-state index in [-0.39, 0.29) is 11.9 Å². The number of aliphatic hydroxyl groups is 1. The average Bonchev–Trinajstić information content (AvgIpc) is 2.39. The highest BCUT2D eigenvalue weighted by atomic mass is 32.2. The summed E-state index contributed by atoms with van der Waals surface area (Å²) in [5.74, 6) is -0.756. The van der Waals surface area contributed by atoms with Crippen molar-refractivity contribution in [3.8, 4) is 0 Å². The summed E-state index contributed by atoms with van der Waals surface area (Å²) in [6.45, 7) is 2.30.